The molecule has 0 aliphatic carbocycles. The standard InChI is InChI=1S/C19H16Cl2N2O4S.C18H17FN4O2S/c1-11-4-7-14(8-5-11)28(25,26)27-19-17(12(2)22-23(19)3)18(24)15-9-6-13(20)10-16(15)21;1-4-5-22-13-7-12(11(19)6-14(13)25-9-16(22)24)20-17-23-10-18(2,3)8-15(23)21-26-17/h4-10H,1-3H3;1,6-7H,5,8-10H2,2-3H3. The number of amides is 1. The number of aromatic nitrogens is 4. The van der Waals surface area contributed by atoms with Crippen LogP contribution < -0.4 is 18.6 Å². The van der Waals surface area contributed by atoms with Crippen LogP contribution in [0.1, 0.15) is 46.9 Å². The van der Waals surface area contributed by atoms with Crippen LogP contribution in [-0.2, 0) is 34.9 Å². The lowest BCUT2D eigenvalue weighted by molar-refractivity contribution is -0.121. The highest BCUT2D eigenvalue weighted by molar-refractivity contribution is 7.87. The molecule has 2 aliphatic rings. The molecule has 280 valence electrons. The fraction of sp³-hybridized carbons (Fsp3) is 0.270. The van der Waals surface area contributed by atoms with Gasteiger partial charge in [-0.15, -0.1) is 6.42 Å². The highest BCUT2D eigenvalue weighted by atomic mass is 35.5. The van der Waals surface area contributed by atoms with Crippen molar-refractivity contribution in [2.24, 2.45) is 17.5 Å². The van der Waals surface area contributed by atoms with Crippen LogP contribution in [0.2, 0.25) is 10.0 Å². The Balaban J connectivity index is 0.000000185. The molecule has 0 saturated heterocycles. The number of anilines is 1. The Hall–Kier alpha value is -5.01. The number of ether oxygens (including phenoxy) is 1. The van der Waals surface area contributed by atoms with Gasteiger partial charge in [-0.25, -0.2) is 14.1 Å². The topological polar surface area (TPSA) is 138 Å². The first-order valence-corrected chi connectivity index (χ1v) is 19.3. The lowest BCUT2D eigenvalue weighted by atomic mass is 9.92. The first kappa shape index (κ1) is 38.7. The second-order valence-electron chi connectivity index (χ2n) is 13.4. The highest BCUT2D eigenvalue weighted by Gasteiger charge is 2.32. The van der Waals surface area contributed by atoms with Gasteiger partial charge in [0.25, 0.3) is 5.91 Å². The zero-order valence-electron chi connectivity index (χ0n) is 29.7. The molecule has 2 aromatic heterocycles. The van der Waals surface area contributed by atoms with Crippen LogP contribution in [0.5, 0.6) is 11.6 Å². The Morgan fingerprint density at radius 1 is 1.15 bits per heavy atom. The monoisotopic (exact) mass is 810 g/mol. The number of benzene rings is 3. The normalized spacial score (nSPS) is 14.8. The molecule has 7 rings (SSSR count). The Bertz CT molecular complexity index is 2540. The molecule has 54 heavy (non-hydrogen) atoms. The molecule has 0 radical (unpaired) electrons. The molecule has 3 aromatic carbocycles. The molecule has 0 unspecified atom stereocenters. The van der Waals surface area contributed by atoms with Gasteiger partial charge in [0.2, 0.25) is 16.5 Å². The maximum absolute atomic E-state index is 14.5. The van der Waals surface area contributed by atoms with E-state index in [1.165, 1.54) is 70.6 Å². The maximum Gasteiger partial charge on any atom is 0.340 e. The molecule has 0 spiro atoms. The number of hydrogen-bond acceptors (Lipinski definition) is 10. The number of halogens is 3. The lowest BCUT2D eigenvalue weighted by Gasteiger charge is -2.28. The van der Waals surface area contributed by atoms with Crippen molar-refractivity contribution in [2.75, 3.05) is 18.1 Å². The zero-order chi connectivity index (χ0) is 39.1. The molecule has 4 heterocycles. The summed E-state index contributed by atoms with van der Waals surface area (Å²) in [5.74, 6) is 2.22. The van der Waals surface area contributed by atoms with E-state index in [1.54, 1.807) is 19.1 Å². The van der Waals surface area contributed by atoms with Crippen LogP contribution in [0.3, 0.4) is 0 Å². The van der Waals surface area contributed by atoms with Gasteiger partial charge in [0.15, 0.2) is 12.4 Å². The Morgan fingerprint density at radius 2 is 1.87 bits per heavy atom. The SMILES string of the molecule is C#CCN1C(=O)COc2cc(F)c(N=c3snc4n3CC(C)(C)C4)cc21.Cc1ccc(S(=O)(=O)Oc2c(C(=O)c3ccc(Cl)cc3Cl)c(C)nn2C)cc1. The van der Waals surface area contributed by atoms with Crippen LogP contribution in [0.4, 0.5) is 15.8 Å². The Morgan fingerprint density at radius 3 is 2.56 bits per heavy atom. The van der Waals surface area contributed by atoms with Crippen molar-refractivity contribution in [2.45, 2.75) is 45.6 Å². The van der Waals surface area contributed by atoms with Gasteiger partial charge >= 0.3 is 10.1 Å². The molecule has 0 atom stereocenters. The van der Waals surface area contributed by atoms with Gasteiger partial charge in [0.05, 0.1) is 22.9 Å². The van der Waals surface area contributed by atoms with E-state index >= 15 is 0 Å². The van der Waals surface area contributed by atoms with E-state index in [0.717, 1.165) is 24.4 Å². The van der Waals surface area contributed by atoms with Crippen LogP contribution in [-0.4, -0.2) is 52.0 Å². The van der Waals surface area contributed by atoms with Crippen molar-refractivity contribution in [3.05, 3.63) is 103 Å². The van der Waals surface area contributed by atoms with Gasteiger partial charge in [-0.1, -0.05) is 60.7 Å². The van der Waals surface area contributed by atoms with Crippen molar-refractivity contribution in [3.8, 4) is 24.0 Å². The number of carbonyl (C=O) groups is 2. The highest BCUT2D eigenvalue weighted by Crippen LogP contribution is 2.38. The average molecular weight is 812 g/mol. The maximum atomic E-state index is 14.5. The number of carbonyl (C=O) groups excluding carboxylic acids is 2. The molecule has 17 heteroatoms. The first-order chi connectivity index (χ1) is 25.5. The summed E-state index contributed by atoms with van der Waals surface area (Å²) in [5.41, 5.74) is 2.08. The fourth-order valence-corrected chi connectivity index (χ4v) is 8.12. The van der Waals surface area contributed by atoms with Crippen molar-refractivity contribution in [3.63, 3.8) is 0 Å². The summed E-state index contributed by atoms with van der Waals surface area (Å²) in [5, 5.41) is 4.66. The molecule has 1 amide bonds. The molecule has 2 aliphatic heterocycles. The van der Waals surface area contributed by atoms with E-state index in [9.17, 15) is 22.4 Å². The Kier molecular flexibility index (Phi) is 10.8. The first-order valence-electron chi connectivity index (χ1n) is 16.3. The third-order valence-electron chi connectivity index (χ3n) is 8.51. The van der Waals surface area contributed by atoms with Crippen LogP contribution in [0, 0.1) is 37.4 Å². The van der Waals surface area contributed by atoms with Gasteiger partial charge < -0.3 is 13.5 Å². The summed E-state index contributed by atoms with van der Waals surface area (Å²) in [6, 6.07) is 13.4. The summed E-state index contributed by atoms with van der Waals surface area (Å²) >= 11 is 13.3. The van der Waals surface area contributed by atoms with Gasteiger partial charge in [0, 0.05) is 48.2 Å². The van der Waals surface area contributed by atoms with Gasteiger partial charge in [-0.2, -0.15) is 17.9 Å². The third kappa shape index (κ3) is 7.92. The molecular weight excluding hydrogens is 778 g/mol. The van der Waals surface area contributed by atoms with Crippen LogP contribution >= 0.6 is 34.7 Å². The summed E-state index contributed by atoms with van der Waals surface area (Å²) in [4.78, 5) is 31.6. The van der Waals surface area contributed by atoms with E-state index in [-0.39, 0.29) is 57.1 Å². The molecule has 0 saturated carbocycles. The Labute approximate surface area is 325 Å². The van der Waals surface area contributed by atoms with Crippen LogP contribution in [0.25, 0.3) is 0 Å². The number of hydrogen-bond donors (Lipinski definition) is 0. The van der Waals surface area contributed by atoms with Gasteiger partial charge in [-0.3, -0.25) is 14.5 Å². The van der Waals surface area contributed by atoms with Crippen molar-refractivity contribution < 1.29 is 31.3 Å². The largest absolute Gasteiger partial charge is 0.481 e. The molecule has 12 nitrogen and oxygen atoms in total. The molecular formula is C37H33Cl2FN6O6S2. The molecule has 5 aromatic rings. The zero-order valence-corrected chi connectivity index (χ0v) is 32.8. The summed E-state index contributed by atoms with van der Waals surface area (Å²) in [7, 11) is -2.67. The average Bonchev–Trinajstić information content (AvgIpc) is 3.70. The molecule has 0 N–H and O–H groups in total. The van der Waals surface area contributed by atoms with E-state index < -0.39 is 21.7 Å². The van der Waals surface area contributed by atoms with Crippen molar-refractivity contribution in [1.82, 2.24) is 18.7 Å². The predicted molar refractivity (Wildman–Crippen MR) is 203 cm³/mol. The number of aryl methyl sites for hydroxylation is 3. The second-order valence-corrected chi connectivity index (χ2v) is 16.5. The van der Waals surface area contributed by atoms with Gasteiger partial charge in [-0.05, 0) is 55.7 Å². The van der Waals surface area contributed by atoms with E-state index in [2.05, 4.69) is 34.2 Å². The number of ketones is 1. The minimum absolute atomic E-state index is 0.0161. The predicted octanol–water partition coefficient (Wildman–Crippen LogP) is 6.60. The quantitative estimate of drug-likeness (QED) is 0.102. The summed E-state index contributed by atoms with van der Waals surface area (Å²) < 4.78 is 58.2. The minimum atomic E-state index is -4.16. The van der Waals surface area contributed by atoms with E-state index in [0.29, 0.717) is 27.0 Å². The summed E-state index contributed by atoms with van der Waals surface area (Å²) in [6.45, 7) is 8.48. The number of rotatable bonds is 7. The van der Waals surface area contributed by atoms with Crippen molar-refractivity contribution >= 4 is 67.9 Å². The minimum Gasteiger partial charge on any atom is -0.481 e. The fourth-order valence-electron chi connectivity index (χ4n) is 5.91. The smallest absolute Gasteiger partial charge is 0.340 e. The van der Waals surface area contributed by atoms with Gasteiger partial charge in [0.1, 0.15) is 27.7 Å². The third-order valence-corrected chi connectivity index (χ3v) is 11.1. The van der Waals surface area contributed by atoms with E-state index in [4.69, 9.17) is 38.5 Å². The molecule has 0 bridgehead atoms. The van der Waals surface area contributed by atoms with E-state index in [1.807, 2.05) is 11.5 Å². The van der Waals surface area contributed by atoms with Crippen molar-refractivity contribution in [1.29, 1.82) is 0 Å². The lowest BCUT2D eigenvalue weighted by Crippen LogP contribution is -2.39. The van der Waals surface area contributed by atoms with Crippen LogP contribution in [0.15, 0.2) is 64.5 Å². The number of terminal acetylenes is 1. The summed E-state index contributed by atoms with van der Waals surface area (Å²) in [6.07, 6.45) is 6.22. The number of fused-ring (bicyclic) bond motifs is 2. The second kappa shape index (κ2) is 15.0. The molecule has 0 fully saturated rings. The number of nitrogens with zero attached hydrogens (tertiary/aromatic N) is 6.